The number of carbonyl (C=O) groups excluding carboxylic acids is 1. The first kappa shape index (κ1) is 19.3. The molecule has 5 N–H and O–H groups in total. The minimum atomic E-state index is -1.19. The molecule has 1 fully saturated rings. The van der Waals surface area contributed by atoms with Gasteiger partial charge in [-0.25, -0.2) is 9.78 Å². The van der Waals surface area contributed by atoms with E-state index in [1.807, 2.05) is 0 Å². The molecule has 1 aromatic heterocycles. The molecule has 0 saturated carbocycles. The lowest BCUT2D eigenvalue weighted by molar-refractivity contribution is -0.141. The Hall–Kier alpha value is -3.05. The first-order chi connectivity index (χ1) is 13.9. The van der Waals surface area contributed by atoms with Crippen LogP contribution >= 0.6 is 0 Å². The van der Waals surface area contributed by atoms with Gasteiger partial charge >= 0.3 is 13.1 Å². The lowest BCUT2D eigenvalue weighted by atomic mass is 9.78. The van der Waals surface area contributed by atoms with Crippen LogP contribution in [0.5, 0.6) is 11.5 Å². The van der Waals surface area contributed by atoms with Crippen molar-refractivity contribution in [3.63, 3.8) is 0 Å². The number of nitrogens with two attached hydrogens (primary N) is 1. The van der Waals surface area contributed by atoms with Crippen LogP contribution < -0.4 is 15.1 Å². The highest BCUT2D eigenvalue weighted by atomic mass is 16.5. The fraction of sp³-hybridized carbons (Fsp3) is 0.389. The average Bonchev–Trinajstić information content (AvgIpc) is 3.15. The second-order valence-electron chi connectivity index (χ2n) is 7.21. The normalized spacial score (nSPS) is 17.2. The van der Waals surface area contributed by atoms with Crippen LogP contribution in [0.2, 0.25) is 6.32 Å². The summed E-state index contributed by atoms with van der Waals surface area (Å²) in [5, 5.41) is 19.3. The van der Waals surface area contributed by atoms with Crippen molar-refractivity contribution in [1.82, 2.24) is 14.9 Å². The van der Waals surface area contributed by atoms with E-state index in [2.05, 4.69) is 9.97 Å². The minimum Gasteiger partial charge on any atom is -0.535 e. The van der Waals surface area contributed by atoms with Crippen LogP contribution in [-0.2, 0) is 17.6 Å². The van der Waals surface area contributed by atoms with E-state index in [9.17, 15) is 19.7 Å². The Kier molecular flexibility index (Phi) is 5.16. The molecule has 1 saturated heterocycles. The van der Waals surface area contributed by atoms with Gasteiger partial charge in [-0.15, -0.1) is 0 Å². The van der Waals surface area contributed by atoms with Crippen molar-refractivity contribution in [2.45, 2.75) is 31.3 Å². The van der Waals surface area contributed by atoms with E-state index in [0.29, 0.717) is 32.3 Å². The third-order valence-electron chi connectivity index (χ3n) is 5.09. The molecule has 11 heteroatoms. The van der Waals surface area contributed by atoms with Crippen LogP contribution in [0.15, 0.2) is 24.7 Å². The first-order valence-electron chi connectivity index (χ1n) is 9.34. The van der Waals surface area contributed by atoms with E-state index in [1.54, 1.807) is 23.2 Å². The summed E-state index contributed by atoms with van der Waals surface area (Å²) in [5.74, 6) is -1.10. The molecule has 4 rings (SSSR count). The van der Waals surface area contributed by atoms with Gasteiger partial charge in [0, 0.05) is 18.3 Å². The molecule has 10 nitrogen and oxygen atoms in total. The van der Waals surface area contributed by atoms with Crippen LogP contribution in [0, 0.1) is 0 Å². The maximum Gasteiger partial charge on any atom is 0.522 e. The molecule has 1 aromatic carbocycles. The van der Waals surface area contributed by atoms with Crippen molar-refractivity contribution >= 4 is 19.0 Å². The van der Waals surface area contributed by atoms with E-state index >= 15 is 0 Å². The molecule has 3 heterocycles. The maximum absolute atomic E-state index is 12.4. The molecule has 1 atom stereocenters. The number of carboxylic acid groups (broad SMARTS) is 1. The minimum absolute atomic E-state index is 0.109. The van der Waals surface area contributed by atoms with Gasteiger partial charge in [0.15, 0.2) is 0 Å². The fourth-order valence-corrected chi connectivity index (χ4v) is 3.54. The van der Waals surface area contributed by atoms with Gasteiger partial charge in [0.25, 0.3) is 0 Å². The molecule has 2 aromatic rings. The number of fused-ring (bicyclic) bond motifs is 1. The van der Waals surface area contributed by atoms with Gasteiger partial charge in [-0.1, -0.05) is 6.07 Å². The molecule has 1 amide bonds. The SMILES string of the molecule is N[C@@H](Cc1cnc[nH]1)C(=O)N1CC(Oc2ccc3c(c2C(=O)O)OB(O)CC3)C1. The van der Waals surface area contributed by atoms with Gasteiger partial charge in [-0.05, 0) is 24.4 Å². The van der Waals surface area contributed by atoms with Crippen molar-refractivity contribution in [3.8, 4) is 11.5 Å². The Balaban J connectivity index is 1.39. The largest absolute Gasteiger partial charge is 0.535 e. The predicted molar refractivity (Wildman–Crippen MR) is 102 cm³/mol. The lowest BCUT2D eigenvalue weighted by Crippen LogP contribution is -2.60. The van der Waals surface area contributed by atoms with E-state index in [0.717, 1.165) is 11.3 Å². The number of aryl methyl sites for hydroxylation is 1. The Morgan fingerprint density at radius 3 is 2.93 bits per heavy atom. The quantitative estimate of drug-likeness (QED) is 0.482. The summed E-state index contributed by atoms with van der Waals surface area (Å²) in [6.07, 6.45) is 4.10. The molecule has 29 heavy (non-hydrogen) atoms. The summed E-state index contributed by atoms with van der Waals surface area (Å²) in [7, 11) is -1.04. The monoisotopic (exact) mass is 400 g/mol. The highest BCUT2D eigenvalue weighted by molar-refractivity contribution is 6.44. The molecule has 0 unspecified atom stereocenters. The Morgan fingerprint density at radius 1 is 1.45 bits per heavy atom. The number of H-pyrrole nitrogens is 1. The van der Waals surface area contributed by atoms with Gasteiger partial charge < -0.3 is 35.1 Å². The second-order valence-corrected chi connectivity index (χ2v) is 7.21. The number of amides is 1. The number of carbonyl (C=O) groups is 2. The Labute approximate surface area is 166 Å². The van der Waals surface area contributed by atoms with Crippen LogP contribution in [0.4, 0.5) is 0 Å². The van der Waals surface area contributed by atoms with Crippen LogP contribution in [0.3, 0.4) is 0 Å². The van der Waals surface area contributed by atoms with E-state index in [1.165, 1.54) is 6.33 Å². The zero-order valence-electron chi connectivity index (χ0n) is 15.6. The molecule has 0 spiro atoms. The lowest BCUT2D eigenvalue weighted by Gasteiger charge is -2.40. The summed E-state index contributed by atoms with van der Waals surface area (Å²) in [5.41, 5.74) is 7.36. The van der Waals surface area contributed by atoms with Gasteiger partial charge in [-0.2, -0.15) is 0 Å². The Bertz CT molecular complexity index is 915. The zero-order valence-corrected chi connectivity index (χ0v) is 15.6. The fourth-order valence-electron chi connectivity index (χ4n) is 3.54. The standard InChI is InChI=1S/C18H21BN4O6/c20-13(5-11-6-21-9-22-11)17(24)23-7-12(8-23)28-14-2-1-10-3-4-19(27)29-16(10)15(14)18(25)26/h1-2,6,9,12-13,27H,3-5,7-8,20H2,(H,21,22)(H,25,26)/t13-/m0/s1. The van der Waals surface area contributed by atoms with Gasteiger partial charge in [-0.3, -0.25) is 4.79 Å². The molecular weight excluding hydrogens is 379 g/mol. The van der Waals surface area contributed by atoms with Crippen molar-refractivity contribution in [1.29, 1.82) is 0 Å². The molecule has 152 valence electrons. The summed E-state index contributed by atoms with van der Waals surface area (Å²) >= 11 is 0. The number of benzene rings is 1. The topological polar surface area (TPSA) is 151 Å². The smallest absolute Gasteiger partial charge is 0.522 e. The van der Waals surface area contributed by atoms with E-state index in [4.69, 9.17) is 15.1 Å². The average molecular weight is 400 g/mol. The maximum atomic E-state index is 12.4. The van der Waals surface area contributed by atoms with Crippen molar-refractivity contribution < 1.29 is 29.1 Å². The highest BCUT2D eigenvalue weighted by Crippen LogP contribution is 2.37. The summed E-state index contributed by atoms with van der Waals surface area (Å²) in [4.78, 5) is 32.6. The van der Waals surface area contributed by atoms with Crippen LogP contribution in [0.25, 0.3) is 0 Å². The molecule has 2 aliphatic rings. The van der Waals surface area contributed by atoms with Crippen molar-refractivity contribution in [2.75, 3.05) is 13.1 Å². The summed E-state index contributed by atoms with van der Waals surface area (Å²) < 4.78 is 11.2. The van der Waals surface area contributed by atoms with Gasteiger partial charge in [0.2, 0.25) is 5.91 Å². The number of aromatic nitrogens is 2. The van der Waals surface area contributed by atoms with E-state index < -0.39 is 19.1 Å². The predicted octanol–water partition coefficient (Wildman–Crippen LogP) is -0.317. The number of aromatic amines is 1. The van der Waals surface area contributed by atoms with Crippen LogP contribution in [-0.4, -0.2) is 69.2 Å². The number of likely N-dealkylation sites (tertiary alicyclic amines) is 1. The zero-order chi connectivity index (χ0) is 20.5. The number of rotatable bonds is 6. The highest BCUT2D eigenvalue weighted by Gasteiger charge is 2.37. The third kappa shape index (κ3) is 3.91. The third-order valence-corrected chi connectivity index (χ3v) is 5.09. The number of nitrogens with zero attached hydrogens (tertiary/aromatic N) is 2. The second kappa shape index (κ2) is 7.76. The molecule has 0 aliphatic carbocycles. The molecule has 0 bridgehead atoms. The number of hydrogen-bond acceptors (Lipinski definition) is 7. The molecule has 0 radical (unpaired) electrons. The van der Waals surface area contributed by atoms with Crippen molar-refractivity contribution in [3.05, 3.63) is 41.5 Å². The molecule has 2 aliphatic heterocycles. The number of aromatic carboxylic acids is 1. The number of hydrogen-bond donors (Lipinski definition) is 4. The number of ether oxygens (including phenoxy) is 1. The first-order valence-corrected chi connectivity index (χ1v) is 9.34. The van der Waals surface area contributed by atoms with Crippen LogP contribution in [0.1, 0.15) is 21.6 Å². The Morgan fingerprint density at radius 2 is 2.24 bits per heavy atom. The number of carboxylic acids is 1. The summed E-state index contributed by atoms with van der Waals surface area (Å²) in [6.45, 7) is 0.629. The van der Waals surface area contributed by atoms with Crippen molar-refractivity contribution in [2.24, 2.45) is 5.73 Å². The van der Waals surface area contributed by atoms with Gasteiger partial charge in [0.1, 0.15) is 23.2 Å². The number of nitrogens with one attached hydrogen (secondary N) is 1. The molecular formula is C18H21BN4O6. The summed E-state index contributed by atoms with van der Waals surface area (Å²) in [6, 6.07) is 2.65. The van der Waals surface area contributed by atoms with E-state index in [-0.39, 0.29) is 29.1 Å². The van der Waals surface area contributed by atoms with Gasteiger partial charge in [0.05, 0.1) is 25.5 Å². The number of imidazole rings is 1.